The molecule has 4 nitrogen and oxygen atoms in total. The highest BCUT2D eigenvalue weighted by Crippen LogP contribution is 2.47. The molecule has 0 aliphatic carbocycles. The molecule has 1 unspecified atom stereocenters. The zero-order chi connectivity index (χ0) is 18.2. The first kappa shape index (κ1) is 18.5. The average Bonchev–Trinajstić information content (AvgIpc) is 2.76. The number of nitrogens with zero attached hydrogens (tertiary/aromatic N) is 1. The minimum atomic E-state index is -5.01. The maximum atomic E-state index is 14.3. The summed E-state index contributed by atoms with van der Waals surface area (Å²) >= 11 is 5.70. The number of likely N-dealkylation sites (tertiary alicyclic amines) is 1. The third-order valence-electron chi connectivity index (χ3n) is 3.70. The Hall–Kier alpha value is -1.83. The van der Waals surface area contributed by atoms with E-state index < -0.39 is 58.1 Å². The van der Waals surface area contributed by atoms with Crippen molar-refractivity contribution in [1.29, 1.82) is 0 Å². The fourth-order valence-corrected chi connectivity index (χ4v) is 2.89. The van der Waals surface area contributed by atoms with Crippen molar-refractivity contribution >= 4 is 23.3 Å². The predicted octanol–water partition coefficient (Wildman–Crippen LogP) is 3.41. The van der Waals surface area contributed by atoms with E-state index in [0.717, 1.165) is 6.92 Å². The lowest BCUT2D eigenvalue weighted by Crippen LogP contribution is -2.25. The number of benzene rings is 1. The Balaban J connectivity index is 2.67. The number of amides is 1. The first-order chi connectivity index (χ1) is 11.0. The van der Waals surface area contributed by atoms with Gasteiger partial charge in [-0.3, -0.25) is 9.59 Å². The Morgan fingerprint density at radius 2 is 2.08 bits per heavy atom. The van der Waals surface area contributed by atoms with E-state index in [1.54, 1.807) is 0 Å². The van der Waals surface area contributed by atoms with Gasteiger partial charge in [-0.05, 0) is 19.4 Å². The Morgan fingerprint density at radius 1 is 1.46 bits per heavy atom. The quantitative estimate of drug-likeness (QED) is 0.766. The van der Waals surface area contributed by atoms with Crippen LogP contribution in [0.25, 0.3) is 0 Å². The molecule has 9 heteroatoms. The molecule has 1 heterocycles. The van der Waals surface area contributed by atoms with Crippen LogP contribution in [0.1, 0.15) is 30.4 Å². The van der Waals surface area contributed by atoms with Gasteiger partial charge in [-0.2, -0.15) is 13.2 Å². The first-order valence-corrected chi connectivity index (χ1v) is 7.38. The van der Waals surface area contributed by atoms with Crippen LogP contribution in [0.15, 0.2) is 6.07 Å². The normalized spacial score (nSPS) is 18.2. The van der Waals surface area contributed by atoms with Crippen molar-refractivity contribution < 1.29 is 31.9 Å². The molecule has 0 N–H and O–H groups in total. The number of halogens is 5. The van der Waals surface area contributed by atoms with Crippen LogP contribution in [0.5, 0.6) is 5.75 Å². The average molecular weight is 368 g/mol. The zero-order valence-corrected chi connectivity index (χ0v) is 13.6. The van der Waals surface area contributed by atoms with E-state index >= 15 is 0 Å². The van der Waals surface area contributed by atoms with E-state index in [9.17, 15) is 27.2 Å². The number of hydrogen-bond donors (Lipinski definition) is 0. The van der Waals surface area contributed by atoms with Crippen molar-refractivity contribution in [3.63, 3.8) is 0 Å². The number of rotatable bonds is 4. The number of hydrogen-bond acceptors (Lipinski definition) is 3. The molecular formula is C15H14ClF4NO3. The molecule has 132 valence electrons. The van der Waals surface area contributed by atoms with E-state index in [1.807, 2.05) is 0 Å². The van der Waals surface area contributed by atoms with Crippen molar-refractivity contribution in [2.24, 2.45) is 0 Å². The van der Waals surface area contributed by atoms with Crippen molar-refractivity contribution in [3.05, 3.63) is 28.0 Å². The standard InChI is InChI=1S/C15H14ClF4NO3/c1-7(22)6-24-13-9(16)5-10(17)11(12(13)15(18,19)20)8-3-4-21(2)14(8)23/h5,8H,3-4,6H2,1-2H3. The SMILES string of the molecule is CC(=O)COc1c(Cl)cc(F)c(C2CCN(C)C2=O)c1C(F)(F)F. The van der Waals surface area contributed by atoms with Gasteiger partial charge in [0.2, 0.25) is 5.91 Å². The van der Waals surface area contributed by atoms with Crippen LogP contribution in [0.3, 0.4) is 0 Å². The predicted molar refractivity (Wildman–Crippen MR) is 77.6 cm³/mol. The van der Waals surface area contributed by atoms with Gasteiger partial charge < -0.3 is 9.64 Å². The van der Waals surface area contributed by atoms with E-state index in [0.29, 0.717) is 6.07 Å². The molecule has 1 saturated heterocycles. The Kier molecular flexibility index (Phi) is 5.08. The van der Waals surface area contributed by atoms with Gasteiger partial charge in [-0.1, -0.05) is 11.6 Å². The molecule has 0 radical (unpaired) electrons. The van der Waals surface area contributed by atoms with Crippen LogP contribution >= 0.6 is 11.6 Å². The van der Waals surface area contributed by atoms with E-state index in [1.165, 1.54) is 11.9 Å². The molecule has 0 bridgehead atoms. The highest BCUT2D eigenvalue weighted by Gasteiger charge is 2.45. The molecule has 1 fully saturated rings. The van der Waals surface area contributed by atoms with Crippen molar-refractivity contribution in [3.8, 4) is 5.75 Å². The summed E-state index contributed by atoms with van der Waals surface area (Å²) in [6.07, 6.45) is -4.96. The molecule has 0 aromatic heterocycles. The molecule has 1 aliphatic heterocycles. The van der Waals surface area contributed by atoms with Crippen LogP contribution in [-0.2, 0) is 15.8 Å². The fourth-order valence-electron chi connectivity index (χ4n) is 2.64. The van der Waals surface area contributed by atoms with Gasteiger partial charge >= 0.3 is 6.18 Å². The molecule has 1 atom stereocenters. The highest BCUT2D eigenvalue weighted by molar-refractivity contribution is 6.32. The van der Waals surface area contributed by atoms with Gasteiger partial charge in [0.1, 0.15) is 18.0 Å². The number of likely N-dealkylation sites (N-methyl/N-ethyl adjacent to an activating group) is 1. The maximum Gasteiger partial charge on any atom is 0.420 e. The largest absolute Gasteiger partial charge is 0.484 e. The van der Waals surface area contributed by atoms with Gasteiger partial charge in [0.25, 0.3) is 0 Å². The van der Waals surface area contributed by atoms with Gasteiger partial charge in [0.05, 0.1) is 10.9 Å². The molecular weight excluding hydrogens is 354 g/mol. The molecule has 0 spiro atoms. The minimum Gasteiger partial charge on any atom is -0.484 e. The number of alkyl halides is 3. The van der Waals surface area contributed by atoms with Crippen LogP contribution in [0.2, 0.25) is 5.02 Å². The van der Waals surface area contributed by atoms with Crippen molar-refractivity contribution in [2.45, 2.75) is 25.4 Å². The second-order valence-electron chi connectivity index (χ2n) is 5.55. The number of Topliss-reactive ketones (excluding diaryl/α,β-unsaturated/α-hetero) is 1. The Morgan fingerprint density at radius 3 is 2.54 bits per heavy atom. The highest BCUT2D eigenvalue weighted by atomic mass is 35.5. The van der Waals surface area contributed by atoms with Crippen molar-refractivity contribution in [1.82, 2.24) is 4.90 Å². The van der Waals surface area contributed by atoms with Crippen LogP contribution in [0.4, 0.5) is 17.6 Å². The number of carbonyl (C=O) groups excluding carboxylic acids is 2. The topological polar surface area (TPSA) is 46.6 Å². The van der Waals surface area contributed by atoms with Crippen molar-refractivity contribution in [2.75, 3.05) is 20.2 Å². The molecule has 24 heavy (non-hydrogen) atoms. The van der Waals surface area contributed by atoms with E-state index in [2.05, 4.69) is 0 Å². The van der Waals surface area contributed by atoms with Gasteiger partial charge in [-0.25, -0.2) is 4.39 Å². The van der Waals surface area contributed by atoms with Gasteiger partial charge in [0, 0.05) is 19.2 Å². The zero-order valence-electron chi connectivity index (χ0n) is 12.8. The third-order valence-corrected chi connectivity index (χ3v) is 3.98. The summed E-state index contributed by atoms with van der Waals surface area (Å²) in [5.74, 6) is -4.47. The summed E-state index contributed by atoms with van der Waals surface area (Å²) in [4.78, 5) is 24.3. The third kappa shape index (κ3) is 3.48. The van der Waals surface area contributed by atoms with Crippen LogP contribution in [0, 0.1) is 5.82 Å². The lowest BCUT2D eigenvalue weighted by atomic mass is 9.91. The Bertz CT molecular complexity index is 690. The van der Waals surface area contributed by atoms with Crippen LogP contribution < -0.4 is 4.74 Å². The number of ether oxygens (including phenoxy) is 1. The molecule has 1 aromatic carbocycles. The molecule has 1 aromatic rings. The number of carbonyl (C=O) groups is 2. The second kappa shape index (κ2) is 6.58. The second-order valence-corrected chi connectivity index (χ2v) is 5.95. The summed E-state index contributed by atoms with van der Waals surface area (Å²) in [6, 6.07) is 0.674. The molecule has 1 aliphatic rings. The van der Waals surface area contributed by atoms with E-state index in [-0.39, 0.29) is 13.0 Å². The smallest absolute Gasteiger partial charge is 0.420 e. The molecule has 2 rings (SSSR count). The number of ketones is 1. The summed E-state index contributed by atoms with van der Waals surface area (Å²) in [5.41, 5.74) is -2.23. The summed E-state index contributed by atoms with van der Waals surface area (Å²) in [7, 11) is 1.43. The molecule has 0 saturated carbocycles. The van der Waals surface area contributed by atoms with Gasteiger partial charge in [-0.15, -0.1) is 0 Å². The monoisotopic (exact) mass is 367 g/mol. The van der Waals surface area contributed by atoms with Crippen LogP contribution in [-0.4, -0.2) is 36.8 Å². The first-order valence-electron chi connectivity index (χ1n) is 7.00. The fraction of sp³-hybridized carbons (Fsp3) is 0.467. The summed E-state index contributed by atoms with van der Waals surface area (Å²) < 4.78 is 59.8. The molecule has 1 amide bonds. The lowest BCUT2D eigenvalue weighted by molar-refractivity contribution is -0.141. The maximum absolute atomic E-state index is 14.3. The lowest BCUT2D eigenvalue weighted by Gasteiger charge is -2.22. The Labute approximate surface area is 140 Å². The minimum absolute atomic E-state index is 0.0448. The summed E-state index contributed by atoms with van der Waals surface area (Å²) in [5, 5.41) is -0.608. The summed E-state index contributed by atoms with van der Waals surface area (Å²) in [6.45, 7) is 0.694. The van der Waals surface area contributed by atoms with E-state index in [4.69, 9.17) is 16.3 Å². The van der Waals surface area contributed by atoms with Gasteiger partial charge in [0.15, 0.2) is 11.5 Å².